The lowest BCUT2D eigenvalue weighted by Gasteiger charge is -2.11. The molecule has 1 aromatic rings. The van der Waals surface area contributed by atoms with Gasteiger partial charge in [-0.2, -0.15) is 5.11 Å². The van der Waals surface area contributed by atoms with Crippen LogP contribution in [0.5, 0.6) is 0 Å². The predicted molar refractivity (Wildman–Crippen MR) is 77.9 cm³/mol. The number of nitrogens with zero attached hydrogens (tertiary/aromatic N) is 2. The van der Waals surface area contributed by atoms with Crippen LogP contribution >= 0.6 is 46.4 Å². The Balaban J connectivity index is 2.25. The van der Waals surface area contributed by atoms with Crippen molar-refractivity contribution >= 4 is 57.9 Å². The molecule has 0 unspecified atom stereocenters. The fourth-order valence-corrected chi connectivity index (χ4v) is 2.59. The molecule has 0 atom stereocenters. The van der Waals surface area contributed by atoms with E-state index in [1.165, 1.54) is 6.07 Å². The molecule has 0 N–H and O–H groups in total. The number of Topliss-reactive ketones (excluding diaryl/α,β-unsaturated/α-hetero) is 1. The molecular formula is C12H10Cl4N2O. The summed E-state index contributed by atoms with van der Waals surface area (Å²) in [5, 5.41) is 8.45. The number of carbonyl (C=O) groups excluding carboxylic acids is 1. The first-order valence-electron chi connectivity index (χ1n) is 5.62. The van der Waals surface area contributed by atoms with Crippen LogP contribution in [0.4, 0.5) is 5.69 Å². The molecule has 1 aromatic carbocycles. The highest BCUT2D eigenvalue weighted by molar-refractivity contribution is 6.58. The Morgan fingerprint density at radius 1 is 1.32 bits per heavy atom. The predicted octanol–water partition coefficient (Wildman–Crippen LogP) is 5.50. The van der Waals surface area contributed by atoms with Crippen molar-refractivity contribution in [1.82, 2.24) is 0 Å². The lowest BCUT2D eigenvalue weighted by atomic mass is 10.2. The normalized spacial score (nSPS) is 16.1. The van der Waals surface area contributed by atoms with Crippen molar-refractivity contribution < 1.29 is 4.79 Å². The van der Waals surface area contributed by atoms with Gasteiger partial charge < -0.3 is 0 Å². The molecule has 0 amide bonds. The molecule has 2 rings (SSSR count). The average molecular weight is 340 g/mol. The third kappa shape index (κ3) is 3.60. The van der Waals surface area contributed by atoms with Crippen molar-refractivity contribution in [3.8, 4) is 0 Å². The molecule has 0 aromatic heterocycles. The third-order valence-corrected chi connectivity index (χ3v) is 3.77. The van der Waals surface area contributed by atoms with Crippen LogP contribution in [0.2, 0.25) is 10.0 Å². The van der Waals surface area contributed by atoms with Crippen molar-refractivity contribution in [3.05, 3.63) is 27.7 Å². The van der Waals surface area contributed by atoms with Crippen LogP contribution in [0, 0.1) is 12.8 Å². The van der Waals surface area contributed by atoms with Gasteiger partial charge in [-0.15, -0.1) is 5.11 Å². The van der Waals surface area contributed by atoms with Gasteiger partial charge in [0.1, 0.15) is 5.69 Å². The second-order valence-electron chi connectivity index (χ2n) is 4.43. The van der Waals surface area contributed by atoms with Crippen LogP contribution in [0.3, 0.4) is 0 Å². The van der Waals surface area contributed by atoms with E-state index in [1.54, 1.807) is 13.0 Å². The largest absolute Gasteiger partial charge is 0.294 e. The van der Waals surface area contributed by atoms with Crippen LogP contribution in [-0.4, -0.2) is 10.2 Å². The van der Waals surface area contributed by atoms with E-state index in [4.69, 9.17) is 46.4 Å². The van der Waals surface area contributed by atoms with Crippen LogP contribution < -0.4 is 0 Å². The molecule has 1 saturated carbocycles. The van der Waals surface area contributed by atoms with Gasteiger partial charge >= 0.3 is 0 Å². The van der Waals surface area contributed by atoms with E-state index in [0.717, 1.165) is 18.4 Å². The molecule has 0 saturated heterocycles. The van der Waals surface area contributed by atoms with Gasteiger partial charge in [0.25, 0.3) is 4.46 Å². The molecule has 1 aliphatic rings. The number of carbonyl (C=O) groups is 1. The van der Waals surface area contributed by atoms with Crippen LogP contribution in [0.1, 0.15) is 18.4 Å². The zero-order valence-corrected chi connectivity index (χ0v) is 13.0. The summed E-state index contributed by atoms with van der Waals surface area (Å²) in [6.07, 6.45) is 1.60. The number of halogens is 4. The molecule has 0 bridgehead atoms. The van der Waals surface area contributed by atoms with E-state index < -0.39 is 4.46 Å². The summed E-state index contributed by atoms with van der Waals surface area (Å²) < 4.78 is -1.85. The van der Waals surface area contributed by atoms with Gasteiger partial charge in [-0.25, -0.2) is 0 Å². The number of alkyl halides is 2. The van der Waals surface area contributed by atoms with E-state index >= 15 is 0 Å². The molecule has 1 aliphatic carbocycles. The highest BCUT2D eigenvalue weighted by Gasteiger charge is 2.44. The van der Waals surface area contributed by atoms with E-state index in [2.05, 4.69) is 10.2 Å². The number of hydrogen-bond donors (Lipinski definition) is 0. The summed E-state index contributed by atoms with van der Waals surface area (Å²) in [5.74, 6) is -0.418. The Kier molecular flexibility index (Phi) is 4.41. The molecule has 7 heteroatoms. The molecule has 102 valence electrons. The minimum atomic E-state index is -1.85. The van der Waals surface area contributed by atoms with Gasteiger partial charge in [-0.1, -0.05) is 46.4 Å². The first kappa shape index (κ1) is 15.0. The van der Waals surface area contributed by atoms with Gasteiger partial charge in [0.2, 0.25) is 0 Å². The Morgan fingerprint density at radius 3 is 2.47 bits per heavy atom. The quantitative estimate of drug-likeness (QED) is 0.406. The van der Waals surface area contributed by atoms with Crippen LogP contribution in [0.25, 0.3) is 0 Å². The van der Waals surface area contributed by atoms with Crippen molar-refractivity contribution in [3.63, 3.8) is 0 Å². The summed E-state index contributed by atoms with van der Waals surface area (Å²) in [6.45, 7) is 1.78. The molecule has 3 nitrogen and oxygen atoms in total. The van der Waals surface area contributed by atoms with Gasteiger partial charge in [0.15, 0.2) is 5.78 Å². The van der Waals surface area contributed by atoms with Gasteiger partial charge in [0.05, 0.1) is 5.02 Å². The highest BCUT2D eigenvalue weighted by Crippen LogP contribution is 2.40. The SMILES string of the molecule is Cc1cc(Cl)cc(Cl)c1N=NC(Cl)(Cl)C(=O)C1CC1. The Bertz CT molecular complexity index is 530. The number of benzene rings is 1. The average Bonchev–Trinajstić information content (AvgIpc) is 3.09. The minimum absolute atomic E-state index is 0.101. The first-order valence-corrected chi connectivity index (χ1v) is 7.13. The molecule has 0 aliphatic heterocycles. The van der Waals surface area contributed by atoms with E-state index in [0.29, 0.717) is 15.7 Å². The second kappa shape index (κ2) is 5.57. The molecule has 1 fully saturated rings. The Hall–Kier alpha value is -0.350. The number of hydrogen-bond acceptors (Lipinski definition) is 3. The molecule has 0 spiro atoms. The molecular weight excluding hydrogens is 330 g/mol. The molecule has 19 heavy (non-hydrogen) atoms. The minimum Gasteiger partial charge on any atom is -0.294 e. The van der Waals surface area contributed by atoms with E-state index in [9.17, 15) is 4.79 Å². The maximum atomic E-state index is 11.8. The number of ketones is 1. The first-order chi connectivity index (χ1) is 8.81. The van der Waals surface area contributed by atoms with Gasteiger partial charge in [-0.3, -0.25) is 4.79 Å². The number of aryl methyl sites for hydroxylation is 1. The van der Waals surface area contributed by atoms with E-state index in [1.807, 2.05) is 0 Å². The van der Waals surface area contributed by atoms with Crippen molar-refractivity contribution in [1.29, 1.82) is 0 Å². The maximum Gasteiger partial charge on any atom is 0.286 e. The van der Waals surface area contributed by atoms with Gasteiger partial charge in [0, 0.05) is 10.9 Å². The van der Waals surface area contributed by atoms with E-state index in [-0.39, 0.29) is 11.7 Å². The summed E-state index contributed by atoms with van der Waals surface area (Å²) in [7, 11) is 0. The second-order valence-corrected chi connectivity index (χ2v) is 6.56. The molecule has 0 heterocycles. The lowest BCUT2D eigenvalue weighted by Crippen LogP contribution is -2.24. The van der Waals surface area contributed by atoms with Crippen LogP contribution in [-0.2, 0) is 4.79 Å². The standard InChI is InChI=1S/C12H10Cl4N2O/c1-6-4-8(13)5-9(14)10(6)17-18-12(15,16)11(19)7-2-3-7/h4-5,7H,2-3H2,1H3. The fraction of sp³-hybridized carbons (Fsp3) is 0.417. The summed E-state index contributed by atoms with van der Waals surface area (Å²) in [5.41, 5.74) is 1.13. The van der Waals surface area contributed by atoms with Crippen molar-refractivity contribution in [2.75, 3.05) is 0 Å². The monoisotopic (exact) mass is 338 g/mol. The smallest absolute Gasteiger partial charge is 0.286 e. The topological polar surface area (TPSA) is 41.8 Å². The summed E-state index contributed by atoms with van der Waals surface area (Å²) >= 11 is 23.6. The highest BCUT2D eigenvalue weighted by atomic mass is 35.5. The zero-order chi connectivity index (χ0) is 14.2. The number of rotatable bonds is 4. The Morgan fingerprint density at radius 2 is 1.95 bits per heavy atom. The maximum absolute atomic E-state index is 11.8. The molecule has 0 radical (unpaired) electrons. The summed E-state index contributed by atoms with van der Waals surface area (Å²) in [4.78, 5) is 11.8. The van der Waals surface area contributed by atoms with Crippen LogP contribution in [0.15, 0.2) is 22.4 Å². The third-order valence-electron chi connectivity index (χ3n) is 2.74. The van der Waals surface area contributed by atoms with Crippen molar-refractivity contribution in [2.45, 2.75) is 24.2 Å². The lowest BCUT2D eigenvalue weighted by molar-refractivity contribution is -0.120. The zero-order valence-electron chi connectivity index (χ0n) is 9.96. The van der Waals surface area contributed by atoms with Gasteiger partial charge in [-0.05, 0) is 37.5 Å². The van der Waals surface area contributed by atoms with Crippen molar-refractivity contribution in [2.24, 2.45) is 16.1 Å². The summed E-state index contributed by atoms with van der Waals surface area (Å²) in [6, 6.07) is 3.23. The fourth-order valence-electron chi connectivity index (χ4n) is 1.57. The number of azo groups is 1. The Labute approximate surface area is 130 Å².